The van der Waals surface area contributed by atoms with Gasteiger partial charge in [0.25, 0.3) is 0 Å². The molecule has 0 saturated heterocycles. The van der Waals surface area contributed by atoms with Crippen LogP contribution in [0.1, 0.15) is 17.3 Å². The van der Waals surface area contributed by atoms with Gasteiger partial charge < -0.3 is 0 Å². The molecule has 0 aromatic heterocycles. The Morgan fingerprint density at radius 3 is 2.42 bits per heavy atom. The highest BCUT2D eigenvalue weighted by molar-refractivity contribution is 9.10. The zero-order valence-corrected chi connectivity index (χ0v) is 12.7. The molecule has 0 spiro atoms. The minimum Gasteiger partial charge on any atom is -0.293 e. The van der Waals surface area contributed by atoms with Gasteiger partial charge in [-0.05, 0) is 59.3 Å². The summed E-state index contributed by atoms with van der Waals surface area (Å²) in [6.45, 7) is 1.86. The molecule has 0 amide bonds. The lowest BCUT2D eigenvalue weighted by Crippen LogP contribution is -2.13. The first-order valence-electron chi connectivity index (χ1n) is 5.79. The summed E-state index contributed by atoms with van der Waals surface area (Å²) in [5, 5.41) is -0.218. The first-order valence-corrected chi connectivity index (χ1v) is 7.46. The summed E-state index contributed by atoms with van der Waals surface area (Å²) >= 11 is 4.95. The summed E-state index contributed by atoms with van der Waals surface area (Å²) in [5.74, 6) is -0.330. The van der Waals surface area contributed by atoms with Crippen molar-refractivity contribution in [1.82, 2.24) is 0 Å². The van der Waals surface area contributed by atoms with Crippen LogP contribution in [-0.2, 0) is 0 Å². The first kappa shape index (κ1) is 14.3. The molecule has 2 aromatic carbocycles. The van der Waals surface area contributed by atoms with Crippen molar-refractivity contribution in [2.24, 2.45) is 0 Å². The standard InChI is InChI=1S/C15H12BrFOS/c1-10(19-14-5-3-2-4-13(14)16)15(18)11-6-8-12(17)9-7-11/h2-10H,1H3. The van der Waals surface area contributed by atoms with Gasteiger partial charge in [0, 0.05) is 14.9 Å². The molecule has 2 rings (SSSR count). The fourth-order valence-corrected chi connectivity index (χ4v) is 3.16. The molecule has 2 aromatic rings. The molecule has 0 fully saturated rings. The van der Waals surface area contributed by atoms with Crippen molar-refractivity contribution in [2.45, 2.75) is 17.1 Å². The van der Waals surface area contributed by atoms with E-state index in [4.69, 9.17) is 0 Å². The molecule has 1 nitrogen and oxygen atoms in total. The highest BCUT2D eigenvalue weighted by atomic mass is 79.9. The number of carbonyl (C=O) groups is 1. The Morgan fingerprint density at radius 2 is 1.79 bits per heavy atom. The van der Waals surface area contributed by atoms with Crippen molar-refractivity contribution in [2.75, 3.05) is 0 Å². The largest absolute Gasteiger partial charge is 0.293 e. The predicted molar refractivity (Wildman–Crippen MR) is 80.2 cm³/mol. The lowest BCUT2D eigenvalue weighted by Gasteiger charge is -2.11. The van der Waals surface area contributed by atoms with Gasteiger partial charge >= 0.3 is 0 Å². The van der Waals surface area contributed by atoms with E-state index in [1.165, 1.54) is 36.0 Å². The maximum atomic E-state index is 12.8. The van der Waals surface area contributed by atoms with Crippen LogP contribution >= 0.6 is 27.7 Å². The van der Waals surface area contributed by atoms with Crippen molar-refractivity contribution in [3.63, 3.8) is 0 Å². The molecule has 0 radical (unpaired) electrons. The van der Waals surface area contributed by atoms with E-state index in [0.717, 1.165) is 9.37 Å². The van der Waals surface area contributed by atoms with Crippen molar-refractivity contribution in [3.05, 3.63) is 64.4 Å². The van der Waals surface area contributed by atoms with E-state index in [1.807, 2.05) is 31.2 Å². The van der Waals surface area contributed by atoms with Gasteiger partial charge in [0.05, 0.1) is 5.25 Å². The van der Waals surface area contributed by atoms with Crippen LogP contribution in [0.15, 0.2) is 57.9 Å². The number of rotatable bonds is 4. The van der Waals surface area contributed by atoms with E-state index in [9.17, 15) is 9.18 Å². The first-order chi connectivity index (χ1) is 9.08. The second kappa shape index (κ2) is 6.35. The fraction of sp³-hybridized carbons (Fsp3) is 0.133. The second-order valence-corrected chi connectivity index (χ2v) is 6.30. The molecule has 0 heterocycles. The molecule has 0 aliphatic rings. The minimum absolute atomic E-state index is 0.000697. The number of ketones is 1. The van der Waals surface area contributed by atoms with E-state index >= 15 is 0 Å². The number of thioether (sulfide) groups is 1. The van der Waals surface area contributed by atoms with Crippen LogP contribution in [0.25, 0.3) is 0 Å². The van der Waals surface area contributed by atoms with Crippen LogP contribution in [0.4, 0.5) is 4.39 Å². The van der Waals surface area contributed by atoms with Gasteiger partial charge in [-0.1, -0.05) is 12.1 Å². The minimum atomic E-state index is -0.331. The summed E-state index contributed by atoms with van der Waals surface area (Å²) in [4.78, 5) is 13.2. The Hall–Kier alpha value is -1.13. The van der Waals surface area contributed by atoms with Gasteiger partial charge in [-0.2, -0.15) is 0 Å². The summed E-state index contributed by atoms with van der Waals surface area (Å²) in [5.41, 5.74) is 0.536. The van der Waals surface area contributed by atoms with Crippen LogP contribution in [0.5, 0.6) is 0 Å². The summed E-state index contributed by atoms with van der Waals surface area (Å²) in [7, 11) is 0. The zero-order chi connectivity index (χ0) is 13.8. The number of hydrogen-bond acceptors (Lipinski definition) is 2. The summed E-state index contributed by atoms with van der Waals surface area (Å²) in [6, 6.07) is 13.4. The predicted octanol–water partition coefficient (Wildman–Crippen LogP) is 4.95. The lowest BCUT2D eigenvalue weighted by atomic mass is 10.1. The van der Waals surface area contributed by atoms with Gasteiger partial charge in [-0.15, -0.1) is 11.8 Å². The Balaban J connectivity index is 2.12. The van der Waals surface area contributed by atoms with E-state index in [-0.39, 0.29) is 16.9 Å². The maximum Gasteiger partial charge on any atom is 0.175 e. The van der Waals surface area contributed by atoms with Crippen molar-refractivity contribution >= 4 is 33.5 Å². The Labute approximate surface area is 124 Å². The highest BCUT2D eigenvalue weighted by Crippen LogP contribution is 2.31. The number of benzene rings is 2. The number of carbonyl (C=O) groups excluding carboxylic acids is 1. The molecule has 1 unspecified atom stereocenters. The van der Waals surface area contributed by atoms with Crippen molar-refractivity contribution < 1.29 is 9.18 Å². The quantitative estimate of drug-likeness (QED) is 0.579. The third kappa shape index (κ3) is 3.67. The van der Waals surface area contributed by atoms with E-state index in [1.54, 1.807) is 0 Å². The van der Waals surface area contributed by atoms with Crippen LogP contribution in [0.3, 0.4) is 0 Å². The Kier molecular flexibility index (Phi) is 4.77. The van der Waals surface area contributed by atoms with Crippen LogP contribution in [-0.4, -0.2) is 11.0 Å². The third-order valence-electron chi connectivity index (χ3n) is 2.64. The fourth-order valence-electron chi connectivity index (χ4n) is 1.63. The van der Waals surface area contributed by atoms with Crippen LogP contribution in [0.2, 0.25) is 0 Å². The van der Waals surface area contributed by atoms with Gasteiger partial charge in [0.1, 0.15) is 5.82 Å². The maximum absolute atomic E-state index is 12.8. The van der Waals surface area contributed by atoms with Crippen molar-refractivity contribution in [1.29, 1.82) is 0 Å². The number of halogens is 2. The molecular weight excluding hydrogens is 327 g/mol. The number of hydrogen-bond donors (Lipinski definition) is 0. The lowest BCUT2D eigenvalue weighted by molar-refractivity contribution is 0.0994. The topological polar surface area (TPSA) is 17.1 Å². The molecule has 0 bridgehead atoms. The van der Waals surface area contributed by atoms with Gasteiger partial charge in [0.2, 0.25) is 0 Å². The number of Topliss-reactive ketones (excluding diaryl/α,β-unsaturated/α-hetero) is 1. The van der Waals surface area contributed by atoms with Crippen molar-refractivity contribution in [3.8, 4) is 0 Å². The molecule has 0 saturated carbocycles. The molecule has 0 aliphatic carbocycles. The molecule has 4 heteroatoms. The summed E-state index contributed by atoms with van der Waals surface area (Å²) < 4.78 is 13.8. The molecular formula is C15H12BrFOS. The van der Waals surface area contributed by atoms with E-state index in [0.29, 0.717) is 5.56 Å². The normalized spacial score (nSPS) is 12.2. The van der Waals surface area contributed by atoms with Gasteiger partial charge in [0.15, 0.2) is 5.78 Å². The summed E-state index contributed by atoms with van der Waals surface area (Å²) in [6.07, 6.45) is 0. The molecule has 0 aliphatic heterocycles. The molecule has 19 heavy (non-hydrogen) atoms. The third-order valence-corrected chi connectivity index (χ3v) is 4.77. The van der Waals surface area contributed by atoms with Gasteiger partial charge in [-0.3, -0.25) is 4.79 Å². The van der Waals surface area contributed by atoms with Crippen LogP contribution < -0.4 is 0 Å². The van der Waals surface area contributed by atoms with Gasteiger partial charge in [-0.25, -0.2) is 4.39 Å². The molecule has 1 atom stereocenters. The highest BCUT2D eigenvalue weighted by Gasteiger charge is 2.17. The average molecular weight is 339 g/mol. The monoisotopic (exact) mass is 338 g/mol. The molecule has 0 N–H and O–H groups in total. The average Bonchev–Trinajstić information content (AvgIpc) is 2.41. The Morgan fingerprint density at radius 1 is 1.16 bits per heavy atom. The Bertz CT molecular complexity index is 583. The zero-order valence-electron chi connectivity index (χ0n) is 10.3. The van der Waals surface area contributed by atoms with E-state index in [2.05, 4.69) is 15.9 Å². The van der Waals surface area contributed by atoms with Crippen LogP contribution in [0, 0.1) is 5.82 Å². The molecule has 98 valence electrons. The second-order valence-electron chi connectivity index (χ2n) is 4.06. The SMILES string of the molecule is CC(Sc1ccccc1Br)C(=O)c1ccc(F)cc1. The smallest absolute Gasteiger partial charge is 0.175 e. The van der Waals surface area contributed by atoms with E-state index < -0.39 is 0 Å².